The smallest absolute Gasteiger partial charge is 0.245 e. The Morgan fingerprint density at radius 3 is 2.58 bits per heavy atom. The second-order valence-electron chi connectivity index (χ2n) is 5.28. The van der Waals surface area contributed by atoms with E-state index in [1.165, 1.54) is 0 Å². The van der Waals surface area contributed by atoms with Gasteiger partial charge in [0.25, 0.3) is 0 Å². The molecule has 0 spiro atoms. The lowest BCUT2D eigenvalue weighted by molar-refractivity contribution is 0.314. The standard InChI is InChI=1S/C15H12BrN7O/c1-8-6-9(2)23(20-8)15-14(17-11-5-3-4-10(16)7-11)18-12-13(19-15)22-24-21-12/h3-7H,1-2H3,(H,17,18,21). The summed E-state index contributed by atoms with van der Waals surface area (Å²) in [6.07, 6.45) is 0. The molecule has 0 atom stereocenters. The molecule has 3 heterocycles. The van der Waals surface area contributed by atoms with Crippen LogP contribution in [0.15, 0.2) is 39.4 Å². The molecule has 0 bridgehead atoms. The largest absolute Gasteiger partial charge is 0.337 e. The fourth-order valence-electron chi connectivity index (χ4n) is 2.41. The topological polar surface area (TPSA) is 94.5 Å². The van der Waals surface area contributed by atoms with Gasteiger partial charge in [-0.2, -0.15) is 10.1 Å². The van der Waals surface area contributed by atoms with Gasteiger partial charge in [-0.25, -0.2) is 14.3 Å². The predicted molar refractivity (Wildman–Crippen MR) is 91.4 cm³/mol. The van der Waals surface area contributed by atoms with E-state index in [1.54, 1.807) is 4.68 Å². The van der Waals surface area contributed by atoms with Crippen LogP contribution in [-0.2, 0) is 0 Å². The number of aryl methyl sites for hydroxylation is 2. The van der Waals surface area contributed by atoms with Crippen molar-refractivity contribution in [1.29, 1.82) is 0 Å². The summed E-state index contributed by atoms with van der Waals surface area (Å²) >= 11 is 3.46. The van der Waals surface area contributed by atoms with Gasteiger partial charge in [-0.1, -0.05) is 22.0 Å². The van der Waals surface area contributed by atoms with Crippen molar-refractivity contribution in [3.63, 3.8) is 0 Å². The van der Waals surface area contributed by atoms with Gasteiger partial charge in [0.2, 0.25) is 11.3 Å². The van der Waals surface area contributed by atoms with Gasteiger partial charge in [0.05, 0.1) is 5.69 Å². The number of nitrogens with one attached hydrogen (secondary N) is 1. The number of fused-ring (bicyclic) bond motifs is 1. The summed E-state index contributed by atoms with van der Waals surface area (Å²) < 4.78 is 7.40. The van der Waals surface area contributed by atoms with Crippen molar-refractivity contribution in [3.05, 3.63) is 46.2 Å². The van der Waals surface area contributed by atoms with E-state index < -0.39 is 0 Å². The summed E-state index contributed by atoms with van der Waals surface area (Å²) in [5, 5.41) is 15.3. The summed E-state index contributed by atoms with van der Waals surface area (Å²) in [5.74, 6) is 1.05. The molecule has 0 aliphatic carbocycles. The molecule has 1 N–H and O–H groups in total. The molecule has 0 fully saturated rings. The zero-order chi connectivity index (χ0) is 16.7. The Morgan fingerprint density at radius 2 is 1.88 bits per heavy atom. The number of rotatable bonds is 3. The van der Waals surface area contributed by atoms with Crippen LogP contribution in [0.25, 0.3) is 17.1 Å². The average Bonchev–Trinajstić information content (AvgIpc) is 3.12. The molecule has 1 aromatic carbocycles. The van der Waals surface area contributed by atoms with Crippen molar-refractivity contribution in [3.8, 4) is 5.82 Å². The Kier molecular flexibility index (Phi) is 3.49. The second-order valence-corrected chi connectivity index (χ2v) is 6.20. The van der Waals surface area contributed by atoms with Crippen LogP contribution in [0.1, 0.15) is 11.4 Å². The van der Waals surface area contributed by atoms with E-state index in [0.29, 0.717) is 22.9 Å². The lowest BCUT2D eigenvalue weighted by Crippen LogP contribution is -2.08. The molecular weight excluding hydrogens is 374 g/mol. The van der Waals surface area contributed by atoms with E-state index in [0.717, 1.165) is 21.5 Å². The SMILES string of the molecule is Cc1cc(C)n(-c2nc3nonc3nc2Nc2cccc(Br)c2)n1. The van der Waals surface area contributed by atoms with E-state index in [2.05, 4.69) is 46.6 Å². The fraction of sp³-hybridized carbons (Fsp3) is 0.133. The van der Waals surface area contributed by atoms with Crippen molar-refractivity contribution in [2.45, 2.75) is 13.8 Å². The number of hydrogen-bond donors (Lipinski definition) is 1. The van der Waals surface area contributed by atoms with Crippen LogP contribution in [-0.4, -0.2) is 30.1 Å². The third-order valence-corrected chi connectivity index (χ3v) is 3.89. The van der Waals surface area contributed by atoms with Crippen molar-refractivity contribution < 1.29 is 4.63 Å². The van der Waals surface area contributed by atoms with Gasteiger partial charge in [0.15, 0.2) is 11.6 Å². The summed E-state index contributed by atoms with van der Waals surface area (Å²) in [7, 11) is 0. The van der Waals surface area contributed by atoms with Gasteiger partial charge in [0.1, 0.15) is 0 Å². The summed E-state index contributed by atoms with van der Waals surface area (Å²) in [6, 6.07) is 9.72. The molecule has 9 heteroatoms. The van der Waals surface area contributed by atoms with E-state index >= 15 is 0 Å². The molecule has 120 valence electrons. The molecule has 3 aromatic heterocycles. The average molecular weight is 386 g/mol. The van der Waals surface area contributed by atoms with Gasteiger partial charge in [0, 0.05) is 15.9 Å². The van der Waals surface area contributed by atoms with Gasteiger partial charge in [-0.3, -0.25) is 0 Å². The third kappa shape index (κ3) is 2.62. The Bertz CT molecular complexity index is 1040. The first-order valence-electron chi connectivity index (χ1n) is 7.17. The molecule has 8 nitrogen and oxygen atoms in total. The minimum absolute atomic E-state index is 0.331. The highest BCUT2D eigenvalue weighted by Crippen LogP contribution is 2.25. The van der Waals surface area contributed by atoms with E-state index in [9.17, 15) is 0 Å². The molecule has 0 saturated heterocycles. The maximum Gasteiger partial charge on any atom is 0.245 e. The highest BCUT2D eigenvalue weighted by Gasteiger charge is 2.17. The summed E-state index contributed by atoms with van der Waals surface area (Å²) in [6.45, 7) is 3.88. The van der Waals surface area contributed by atoms with Crippen LogP contribution in [0.4, 0.5) is 11.5 Å². The van der Waals surface area contributed by atoms with Crippen molar-refractivity contribution in [2.24, 2.45) is 0 Å². The number of benzene rings is 1. The van der Waals surface area contributed by atoms with Crippen molar-refractivity contribution >= 4 is 38.7 Å². The number of nitrogens with zero attached hydrogens (tertiary/aromatic N) is 6. The van der Waals surface area contributed by atoms with Crippen molar-refractivity contribution in [2.75, 3.05) is 5.32 Å². The third-order valence-electron chi connectivity index (χ3n) is 3.39. The molecule has 0 unspecified atom stereocenters. The minimum atomic E-state index is 0.331. The first kappa shape index (κ1) is 14.8. The van der Waals surface area contributed by atoms with Gasteiger partial charge >= 0.3 is 0 Å². The van der Waals surface area contributed by atoms with Crippen LogP contribution in [0.5, 0.6) is 0 Å². The molecule has 24 heavy (non-hydrogen) atoms. The molecular formula is C15H12BrN7O. The highest BCUT2D eigenvalue weighted by molar-refractivity contribution is 9.10. The Morgan fingerprint density at radius 1 is 1.08 bits per heavy atom. The number of halogens is 1. The molecule has 0 aliphatic heterocycles. The first-order chi connectivity index (χ1) is 11.6. The maximum absolute atomic E-state index is 4.73. The molecule has 4 rings (SSSR count). The quantitative estimate of drug-likeness (QED) is 0.577. The molecule has 0 amide bonds. The van der Waals surface area contributed by atoms with Gasteiger partial charge < -0.3 is 5.32 Å². The Balaban J connectivity index is 1.89. The normalized spacial score (nSPS) is 11.1. The van der Waals surface area contributed by atoms with Crippen molar-refractivity contribution in [1.82, 2.24) is 30.1 Å². The summed E-state index contributed by atoms with van der Waals surface area (Å²) in [4.78, 5) is 8.96. The molecule has 0 saturated carbocycles. The van der Waals surface area contributed by atoms with Gasteiger partial charge in [-0.15, -0.1) is 0 Å². The zero-order valence-electron chi connectivity index (χ0n) is 12.9. The van der Waals surface area contributed by atoms with Crippen LogP contribution >= 0.6 is 15.9 Å². The number of hydrogen-bond acceptors (Lipinski definition) is 7. The number of aromatic nitrogens is 6. The van der Waals surface area contributed by atoms with E-state index in [-0.39, 0.29) is 0 Å². The van der Waals surface area contributed by atoms with Gasteiger partial charge in [-0.05, 0) is 48.4 Å². The monoisotopic (exact) mass is 385 g/mol. The molecule has 0 aliphatic rings. The van der Waals surface area contributed by atoms with Crippen LogP contribution in [0.3, 0.4) is 0 Å². The Hall–Kier alpha value is -2.81. The number of anilines is 2. The molecule has 4 aromatic rings. The lowest BCUT2D eigenvalue weighted by Gasteiger charge is -2.11. The molecule has 0 radical (unpaired) electrons. The summed E-state index contributed by atoms with van der Waals surface area (Å²) in [5.41, 5.74) is 3.35. The van der Waals surface area contributed by atoms with E-state index in [1.807, 2.05) is 44.2 Å². The lowest BCUT2D eigenvalue weighted by atomic mass is 10.3. The van der Waals surface area contributed by atoms with Crippen LogP contribution in [0, 0.1) is 13.8 Å². The zero-order valence-corrected chi connectivity index (χ0v) is 14.4. The Labute approximate surface area is 145 Å². The van der Waals surface area contributed by atoms with Crippen LogP contribution in [0.2, 0.25) is 0 Å². The van der Waals surface area contributed by atoms with Crippen LogP contribution < -0.4 is 5.32 Å². The highest BCUT2D eigenvalue weighted by atomic mass is 79.9. The predicted octanol–water partition coefficient (Wildman–Crippen LogP) is 3.32. The first-order valence-corrected chi connectivity index (χ1v) is 7.96. The maximum atomic E-state index is 4.73. The fourth-order valence-corrected chi connectivity index (χ4v) is 2.81. The second kappa shape index (κ2) is 5.68. The minimum Gasteiger partial charge on any atom is -0.337 e. The van der Waals surface area contributed by atoms with E-state index in [4.69, 9.17) is 4.63 Å².